The number of carbonyl (C=O) groups is 3. The second kappa shape index (κ2) is 9.58. The van der Waals surface area contributed by atoms with Crippen molar-refractivity contribution in [1.29, 1.82) is 0 Å². The summed E-state index contributed by atoms with van der Waals surface area (Å²) in [5.74, 6) is -0.433. The van der Waals surface area contributed by atoms with Crippen LogP contribution in [-0.2, 0) is 9.59 Å². The SMILES string of the molecule is O=C(CNC(=O)c1ccc(Cl)cc1Cl)NCC(=O)N1CCC[C@@H]1c1nc2ccccc2[nH]1. The third-order valence-electron chi connectivity index (χ3n) is 5.32. The molecule has 2 heterocycles. The fourth-order valence-electron chi connectivity index (χ4n) is 3.75. The average molecular weight is 474 g/mol. The summed E-state index contributed by atoms with van der Waals surface area (Å²) in [6.07, 6.45) is 1.66. The van der Waals surface area contributed by atoms with Gasteiger partial charge in [-0.15, -0.1) is 0 Å². The zero-order valence-electron chi connectivity index (χ0n) is 17.0. The molecule has 1 fully saturated rings. The summed E-state index contributed by atoms with van der Waals surface area (Å²) in [5, 5.41) is 5.64. The zero-order valence-corrected chi connectivity index (χ0v) is 18.5. The van der Waals surface area contributed by atoms with Gasteiger partial charge in [-0.2, -0.15) is 0 Å². The highest BCUT2D eigenvalue weighted by Crippen LogP contribution is 2.31. The van der Waals surface area contributed by atoms with E-state index >= 15 is 0 Å². The number of imidazole rings is 1. The number of carbonyl (C=O) groups excluding carboxylic acids is 3. The standard InChI is InChI=1S/C22H21Cl2N5O3/c23-13-7-8-14(15(24)10-13)22(32)26-11-19(30)25-12-20(31)29-9-3-6-18(29)21-27-16-4-1-2-5-17(16)28-21/h1-2,4-5,7-8,10,18H,3,6,9,11-12H2,(H,25,30)(H,26,32)(H,27,28)/t18-/m1/s1. The fraction of sp³-hybridized carbons (Fsp3) is 0.273. The number of rotatable bonds is 6. The van der Waals surface area contributed by atoms with Gasteiger partial charge in [0, 0.05) is 11.6 Å². The van der Waals surface area contributed by atoms with Crippen LogP contribution in [0.25, 0.3) is 11.0 Å². The zero-order chi connectivity index (χ0) is 22.7. The summed E-state index contributed by atoms with van der Waals surface area (Å²) >= 11 is 11.8. The highest BCUT2D eigenvalue weighted by Gasteiger charge is 2.32. The number of aromatic nitrogens is 2. The second-order valence-corrected chi connectivity index (χ2v) is 8.31. The van der Waals surface area contributed by atoms with Crippen LogP contribution in [0.5, 0.6) is 0 Å². The second-order valence-electron chi connectivity index (χ2n) is 7.47. The van der Waals surface area contributed by atoms with Gasteiger partial charge < -0.3 is 20.5 Å². The van der Waals surface area contributed by atoms with E-state index in [0.717, 1.165) is 29.7 Å². The van der Waals surface area contributed by atoms with Crippen LogP contribution in [-0.4, -0.2) is 52.2 Å². The summed E-state index contributed by atoms with van der Waals surface area (Å²) in [6, 6.07) is 12.0. The van der Waals surface area contributed by atoms with Gasteiger partial charge in [0.25, 0.3) is 5.91 Å². The number of amides is 3. The van der Waals surface area contributed by atoms with Crippen LogP contribution in [0.3, 0.4) is 0 Å². The molecule has 4 rings (SSSR count). The Morgan fingerprint density at radius 3 is 2.69 bits per heavy atom. The maximum atomic E-state index is 12.7. The minimum absolute atomic E-state index is 0.154. The molecule has 166 valence electrons. The number of nitrogens with one attached hydrogen (secondary N) is 3. The van der Waals surface area contributed by atoms with Crippen molar-refractivity contribution < 1.29 is 14.4 Å². The number of aromatic amines is 1. The first kappa shape index (κ1) is 22.1. The molecule has 3 amide bonds. The quantitative estimate of drug-likeness (QED) is 0.511. The van der Waals surface area contributed by atoms with E-state index in [9.17, 15) is 14.4 Å². The predicted octanol–water partition coefficient (Wildman–Crippen LogP) is 3.08. The largest absolute Gasteiger partial charge is 0.345 e. The van der Waals surface area contributed by atoms with Crippen LogP contribution in [0, 0.1) is 0 Å². The molecular formula is C22H21Cl2N5O3. The van der Waals surface area contributed by atoms with Gasteiger partial charge in [-0.25, -0.2) is 4.98 Å². The first-order valence-electron chi connectivity index (χ1n) is 10.2. The third-order valence-corrected chi connectivity index (χ3v) is 5.87. The number of para-hydroxylation sites is 2. The van der Waals surface area contributed by atoms with Crippen molar-refractivity contribution >= 4 is 52.0 Å². The van der Waals surface area contributed by atoms with E-state index < -0.39 is 11.8 Å². The van der Waals surface area contributed by atoms with Crippen molar-refractivity contribution in [2.24, 2.45) is 0 Å². The lowest BCUT2D eigenvalue weighted by atomic mass is 10.2. The van der Waals surface area contributed by atoms with Crippen LogP contribution in [0.4, 0.5) is 0 Å². The Morgan fingerprint density at radius 1 is 1.09 bits per heavy atom. The van der Waals surface area contributed by atoms with E-state index in [4.69, 9.17) is 23.2 Å². The van der Waals surface area contributed by atoms with Crippen LogP contribution in [0.15, 0.2) is 42.5 Å². The number of fused-ring (bicyclic) bond motifs is 1. The van der Waals surface area contributed by atoms with Crippen LogP contribution in [0.1, 0.15) is 35.1 Å². The van der Waals surface area contributed by atoms with Gasteiger partial charge in [0.05, 0.1) is 40.8 Å². The molecule has 1 aliphatic heterocycles. The maximum Gasteiger partial charge on any atom is 0.253 e. The molecule has 0 bridgehead atoms. The average Bonchev–Trinajstić information content (AvgIpc) is 3.42. The van der Waals surface area contributed by atoms with Gasteiger partial charge in [0.1, 0.15) is 5.82 Å². The number of hydrogen-bond acceptors (Lipinski definition) is 4. The lowest BCUT2D eigenvalue weighted by Gasteiger charge is -2.23. The molecule has 0 radical (unpaired) electrons. The number of hydrogen-bond donors (Lipinski definition) is 3. The van der Waals surface area contributed by atoms with Crippen molar-refractivity contribution in [2.75, 3.05) is 19.6 Å². The lowest BCUT2D eigenvalue weighted by molar-refractivity contribution is -0.133. The Morgan fingerprint density at radius 2 is 1.91 bits per heavy atom. The molecule has 3 aromatic rings. The van der Waals surface area contributed by atoms with E-state index in [2.05, 4.69) is 20.6 Å². The molecule has 0 aliphatic carbocycles. The van der Waals surface area contributed by atoms with Gasteiger partial charge in [-0.1, -0.05) is 35.3 Å². The predicted molar refractivity (Wildman–Crippen MR) is 122 cm³/mol. The highest BCUT2D eigenvalue weighted by molar-refractivity contribution is 6.36. The molecule has 1 aromatic heterocycles. The Hall–Kier alpha value is -3.10. The highest BCUT2D eigenvalue weighted by atomic mass is 35.5. The molecule has 0 saturated carbocycles. The molecule has 1 aliphatic rings. The van der Waals surface area contributed by atoms with Gasteiger partial charge in [-0.3, -0.25) is 14.4 Å². The molecule has 0 spiro atoms. The Labute approximate surface area is 194 Å². The van der Waals surface area contributed by atoms with E-state index in [1.807, 2.05) is 24.3 Å². The van der Waals surface area contributed by atoms with Gasteiger partial charge >= 0.3 is 0 Å². The number of nitrogens with zero attached hydrogens (tertiary/aromatic N) is 2. The molecule has 32 heavy (non-hydrogen) atoms. The Kier molecular flexibility index (Phi) is 6.62. The van der Waals surface area contributed by atoms with E-state index in [1.165, 1.54) is 18.2 Å². The van der Waals surface area contributed by atoms with E-state index in [-0.39, 0.29) is 35.6 Å². The van der Waals surface area contributed by atoms with Crippen molar-refractivity contribution in [1.82, 2.24) is 25.5 Å². The molecular weight excluding hydrogens is 453 g/mol. The van der Waals surface area contributed by atoms with Gasteiger partial charge in [0.2, 0.25) is 11.8 Å². The third kappa shape index (κ3) is 4.87. The lowest BCUT2D eigenvalue weighted by Crippen LogP contribution is -2.43. The topological polar surface area (TPSA) is 107 Å². The summed E-state index contributed by atoms with van der Waals surface area (Å²) < 4.78 is 0. The van der Waals surface area contributed by atoms with Crippen molar-refractivity contribution in [2.45, 2.75) is 18.9 Å². The van der Waals surface area contributed by atoms with Gasteiger partial charge in [-0.05, 0) is 43.2 Å². The summed E-state index contributed by atoms with van der Waals surface area (Å²) in [6.45, 7) is 0.160. The van der Waals surface area contributed by atoms with Crippen LogP contribution in [0.2, 0.25) is 10.0 Å². The molecule has 2 aromatic carbocycles. The molecule has 0 unspecified atom stereocenters. The summed E-state index contributed by atoms with van der Waals surface area (Å²) in [7, 11) is 0. The Balaban J connectivity index is 1.29. The molecule has 10 heteroatoms. The molecule has 1 saturated heterocycles. The Bertz CT molecular complexity index is 1150. The smallest absolute Gasteiger partial charge is 0.253 e. The normalized spacial score (nSPS) is 15.7. The summed E-state index contributed by atoms with van der Waals surface area (Å²) in [4.78, 5) is 46.7. The van der Waals surface area contributed by atoms with Crippen molar-refractivity contribution in [3.8, 4) is 0 Å². The summed E-state index contributed by atoms with van der Waals surface area (Å²) in [5.41, 5.74) is 1.99. The number of likely N-dealkylation sites (tertiary alicyclic amines) is 1. The fourth-order valence-corrected chi connectivity index (χ4v) is 4.24. The number of H-pyrrole nitrogens is 1. The number of halogens is 2. The van der Waals surface area contributed by atoms with E-state index in [1.54, 1.807) is 4.90 Å². The maximum absolute atomic E-state index is 12.7. The minimum atomic E-state index is -0.502. The van der Waals surface area contributed by atoms with Gasteiger partial charge in [0.15, 0.2) is 0 Å². The molecule has 1 atom stereocenters. The molecule has 3 N–H and O–H groups in total. The minimum Gasteiger partial charge on any atom is -0.345 e. The van der Waals surface area contributed by atoms with E-state index in [0.29, 0.717) is 11.6 Å². The van der Waals surface area contributed by atoms with Crippen LogP contribution >= 0.6 is 23.2 Å². The van der Waals surface area contributed by atoms with Crippen molar-refractivity contribution in [3.63, 3.8) is 0 Å². The van der Waals surface area contributed by atoms with Crippen molar-refractivity contribution in [3.05, 3.63) is 63.9 Å². The number of benzene rings is 2. The monoisotopic (exact) mass is 473 g/mol. The first-order chi connectivity index (χ1) is 15.4. The molecule has 8 nitrogen and oxygen atoms in total. The first-order valence-corrected chi connectivity index (χ1v) is 10.9. The van der Waals surface area contributed by atoms with Crippen LogP contribution < -0.4 is 10.6 Å².